The second-order valence-electron chi connectivity index (χ2n) is 7.64. The number of aliphatic carboxylic acids is 2. The Morgan fingerprint density at radius 1 is 0.966 bits per heavy atom. The summed E-state index contributed by atoms with van der Waals surface area (Å²) in [4.78, 5) is 21.6. The fourth-order valence-electron chi connectivity index (χ4n) is 3.00. The van der Waals surface area contributed by atoms with Gasteiger partial charge in [0.1, 0.15) is 6.04 Å². The molecule has 0 amide bonds. The molecule has 0 aliphatic carbocycles. The van der Waals surface area contributed by atoms with Crippen LogP contribution in [0.5, 0.6) is 0 Å². The lowest BCUT2D eigenvalue weighted by atomic mass is 10.1. The summed E-state index contributed by atoms with van der Waals surface area (Å²) in [6, 6.07) is -0.996. The SMILES string of the molecule is CCCCCCCCCCCC/C=C\[C@H](SC[C@H](N)C(=O)O)[C@H](O)CCC(=O)O. The maximum absolute atomic E-state index is 10.9. The Morgan fingerprint density at radius 2 is 1.52 bits per heavy atom. The number of aliphatic hydroxyl groups excluding tert-OH is 1. The Morgan fingerprint density at radius 3 is 2.03 bits per heavy atom. The molecule has 0 aliphatic heterocycles. The van der Waals surface area contributed by atoms with Gasteiger partial charge in [-0.15, -0.1) is 11.8 Å². The molecule has 0 aromatic rings. The lowest BCUT2D eigenvalue weighted by Crippen LogP contribution is -2.34. The minimum atomic E-state index is -1.08. The maximum atomic E-state index is 10.9. The lowest BCUT2D eigenvalue weighted by Gasteiger charge is -2.20. The van der Waals surface area contributed by atoms with Crippen molar-refractivity contribution in [3.8, 4) is 0 Å². The molecule has 6 nitrogen and oxygen atoms in total. The Bertz CT molecular complexity index is 458. The van der Waals surface area contributed by atoms with E-state index in [2.05, 4.69) is 6.92 Å². The molecular formula is C22H41NO5S. The van der Waals surface area contributed by atoms with E-state index in [1.165, 1.54) is 69.5 Å². The van der Waals surface area contributed by atoms with E-state index in [4.69, 9.17) is 15.9 Å². The molecule has 0 aromatic heterocycles. The fraction of sp³-hybridized carbons (Fsp3) is 0.818. The minimum Gasteiger partial charge on any atom is -0.481 e. The van der Waals surface area contributed by atoms with Gasteiger partial charge in [-0.25, -0.2) is 0 Å². The normalized spacial score (nSPS) is 14.7. The van der Waals surface area contributed by atoms with E-state index in [0.717, 1.165) is 12.8 Å². The van der Waals surface area contributed by atoms with E-state index in [9.17, 15) is 14.7 Å². The van der Waals surface area contributed by atoms with Crippen LogP contribution in [0.4, 0.5) is 0 Å². The van der Waals surface area contributed by atoms with E-state index >= 15 is 0 Å². The number of carbonyl (C=O) groups is 2. The third-order valence-corrected chi connectivity index (χ3v) is 6.28. The standard InChI is InChI=1S/C22H41NO5S/c1-2-3-4-5-6-7-8-9-10-11-12-13-14-20(19(24)15-16-21(25)26)29-17-18(23)22(27)28/h13-14,18-20,24H,2-12,15-17,23H2,1H3,(H,25,26)(H,27,28)/b14-13-/t18-,19+,20-/m0/s1. The quantitative estimate of drug-likeness (QED) is 0.164. The Labute approximate surface area is 180 Å². The minimum absolute atomic E-state index is 0.116. The van der Waals surface area contributed by atoms with Crippen LogP contribution in [-0.4, -0.2) is 50.4 Å². The molecule has 0 saturated carbocycles. The van der Waals surface area contributed by atoms with Crippen molar-refractivity contribution in [3.05, 3.63) is 12.2 Å². The van der Waals surface area contributed by atoms with Crippen molar-refractivity contribution in [2.45, 2.75) is 108 Å². The predicted molar refractivity (Wildman–Crippen MR) is 120 cm³/mol. The van der Waals surface area contributed by atoms with Crippen molar-refractivity contribution in [2.75, 3.05) is 5.75 Å². The summed E-state index contributed by atoms with van der Waals surface area (Å²) in [6.45, 7) is 2.23. The topological polar surface area (TPSA) is 121 Å². The molecule has 0 aromatic carbocycles. The van der Waals surface area contributed by atoms with Crippen molar-refractivity contribution in [2.24, 2.45) is 5.73 Å². The Hall–Kier alpha value is -1.05. The molecule has 0 aliphatic rings. The molecule has 0 rings (SSSR count). The zero-order valence-electron chi connectivity index (χ0n) is 17.9. The number of nitrogens with two attached hydrogens (primary N) is 1. The summed E-state index contributed by atoms with van der Waals surface area (Å²) < 4.78 is 0. The Kier molecular flexibility index (Phi) is 18.3. The molecule has 0 unspecified atom stereocenters. The number of aliphatic hydroxyl groups is 1. The number of carboxylic acid groups (broad SMARTS) is 2. The average molecular weight is 432 g/mol. The Balaban J connectivity index is 4.09. The highest BCUT2D eigenvalue weighted by Crippen LogP contribution is 2.21. The van der Waals surface area contributed by atoms with Crippen LogP contribution in [0.15, 0.2) is 12.2 Å². The van der Waals surface area contributed by atoms with E-state index in [-0.39, 0.29) is 23.8 Å². The van der Waals surface area contributed by atoms with E-state index in [1.807, 2.05) is 12.2 Å². The maximum Gasteiger partial charge on any atom is 0.321 e. The zero-order valence-corrected chi connectivity index (χ0v) is 18.7. The van der Waals surface area contributed by atoms with Gasteiger partial charge in [0.2, 0.25) is 0 Å². The fourth-order valence-corrected chi connectivity index (χ4v) is 4.15. The van der Waals surface area contributed by atoms with Crippen molar-refractivity contribution in [1.82, 2.24) is 0 Å². The summed E-state index contributed by atoms with van der Waals surface area (Å²) in [7, 11) is 0. The lowest BCUT2D eigenvalue weighted by molar-refractivity contribution is -0.138. The molecule has 29 heavy (non-hydrogen) atoms. The van der Waals surface area contributed by atoms with Crippen LogP contribution >= 0.6 is 11.8 Å². The number of hydrogen-bond donors (Lipinski definition) is 4. The largest absolute Gasteiger partial charge is 0.481 e. The number of rotatable bonds is 20. The van der Waals surface area contributed by atoms with Crippen LogP contribution in [0.3, 0.4) is 0 Å². The first-order valence-corrected chi connectivity index (χ1v) is 12.1. The third kappa shape index (κ3) is 17.5. The van der Waals surface area contributed by atoms with Gasteiger partial charge in [-0.05, 0) is 19.3 Å². The van der Waals surface area contributed by atoms with Gasteiger partial charge in [-0.2, -0.15) is 0 Å². The van der Waals surface area contributed by atoms with Gasteiger partial charge in [0.05, 0.1) is 6.10 Å². The average Bonchev–Trinajstić information content (AvgIpc) is 2.68. The molecular weight excluding hydrogens is 390 g/mol. The number of allylic oxidation sites excluding steroid dienone is 1. The summed E-state index contributed by atoms with van der Waals surface area (Å²) in [5.74, 6) is -1.86. The summed E-state index contributed by atoms with van der Waals surface area (Å²) in [5, 5.41) is 27.6. The van der Waals surface area contributed by atoms with Gasteiger partial charge < -0.3 is 21.1 Å². The molecule has 0 bridgehead atoms. The van der Waals surface area contributed by atoms with Crippen molar-refractivity contribution < 1.29 is 24.9 Å². The van der Waals surface area contributed by atoms with E-state index in [0.29, 0.717) is 0 Å². The van der Waals surface area contributed by atoms with Crippen molar-refractivity contribution in [3.63, 3.8) is 0 Å². The van der Waals surface area contributed by atoms with Crippen LogP contribution in [0.1, 0.15) is 90.4 Å². The number of carboxylic acids is 2. The monoisotopic (exact) mass is 431 g/mol. The molecule has 7 heteroatoms. The third-order valence-electron chi connectivity index (χ3n) is 4.87. The van der Waals surface area contributed by atoms with Crippen LogP contribution in [0, 0.1) is 0 Å². The first-order chi connectivity index (χ1) is 13.9. The predicted octanol–water partition coefficient (Wildman–Crippen LogP) is 4.59. The first kappa shape index (κ1) is 27.9. The van der Waals surface area contributed by atoms with Crippen LogP contribution in [-0.2, 0) is 9.59 Å². The molecule has 170 valence electrons. The van der Waals surface area contributed by atoms with Crippen LogP contribution in [0.25, 0.3) is 0 Å². The highest BCUT2D eigenvalue weighted by molar-refractivity contribution is 8.00. The van der Waals surface area contributed by atoms with Gasteiger partial charge in [0, 0.05) is 17.4 Å². The molecule has 0 spiro atoms. The highest BCUT2D eigenvalue weighted by Gasteiger charge is 2.21. The van der Waals surface area contributed by atoms with E-state index < -0.39 is 24.1 Å². The van der Waals surface area contributed by atoms with Crippen LogP contribution < -0.4 is 5.73 Å². The molecule has 0 heterocycles. The van der Waals surface area contributed by atoms with Gasteiger partial charge in [0.25, 0.3) is 0 Å². The van der Waals surface area contributed by atoms with Gasteiger partial charge in [0.15, 0.2) is 0 Å². The second-order valence-corrected chi connectivity index (χ2v) is 8.85. The molecule has 0 saturated heterocycles. The van der Waals surface area contributed by atoms with Crippen molar-refractivity contribution >= 4 is 23.7 Å². The first-order valence-electron chi connectivity index (χ1n) is 11.0. The molecule has 0 fully saturated rings. The molecule has 5 N–H and O–H groups in total. The number of unbranched alkanes of at least 4 members (excludes halogenated alkanes) is 10. The van der Waals surface area contributed by atoms with Gasteiger partial charge in [-0.1, -0.05) is 76.9 Å². The molecule has 3 atom stereocenters. The summed E-state index contributed by atoms with van der Waals surface area (Å²) >= 11 is 1.27. The van der Waals surface area contributed by atoms with Crippen molar-refractivity contribution in [1.29, 1.82) is 0 Å². The van der Waals surface area contributed by atoms with Gasteiger partial charge in [-0.3, -0.25) is 9.59 Å². The van der Waals surface area contributed by atoms with Crippen LogP contribution in [0.2, 0.25) is 0 Å². The second kappa shape index (κ2) is 18.9. The summed E-state index contributed by atoms with van der Waals surface area (Å²) in [6.07, 6.45) is 16.8. The van der Waals surface area contributed by atoms with Gasteiger partial charge >= 0.3 is 11.9 Å². The smallest absolute Gasteiger partial charge is 0.321 e. The summed E-state index contributed by atoms with van der Waals surface area (Å²) in [5.41, 5.74) is 5.54. The van der Waals surface area contributed by atoms with E-state index in [1.54, 1.807) is 0 Å². The zero-order chi connectivity index (χ0) is 21.9. The highest BCUT2D eigenvalue weighted by atomic mass is 32.2. The number of thioether (sulfide) groups is 1. The number of hydrogen-bond acceptors (Lipinski definition) is 5. The molecule has 0 radical (unpaired) electrons.